The smallest absolute Gasteiger partial charge is 0.261 e. The fourth-order valence-corrected chi connectivity index (χ4v) is 5.76. The number of hydrogen-bond donors (Lipinski definition) is 0. The van der Waals surface area contributed by atoms with Gasteiger partial charge < -0.3 is 4.90 Å². The highest BCUT2D eigenvalue weighted by molar-refractivity contribution is 7.08. The first kappa shape index (κ1) is 18.6. The Hall–Kier alpha value is -2.47. The summed E-state index contributed by atoms with van der Waals surface area (Å²) in [5.74, 6) is -0.492. The molecule has 0 bridgehead atoms. The number of amides is 3. The molecular formula is C23H24N2O3S. The quantitative estimate of drug-likeness (QED) is 0.695. The van der Waals surface area contributed by atoms with E-state index in [1.54, 1.807) is 29.5 Å². The minimum atomic E-state index is -0.234. The van der Waals surface area contributed by atoms with Gasteiger partial charge in [-0.2, -0.15) is 11.3 Å². The molecule has 3 heterocycles. The fraction of sp³-hybridized carbons (Fsp3) is 0.435. The van der Waals surface area contributed by atoms with Crippen molar-refractivity contribution in [2.45, 2.75) is 57.0 Å². The number of carbonyl (C=O) groups is 3. The summed E-state index contributed by atoms with van der Waals surface area (Å²) in [6.45, 7) is 0.720. The van der Waals surface area contributed by atoms with Crippen molar-refractivity contribution >= 4 is 29.1 Å². The zero-order valence-electron chi connectivity index (χ0n) is 16.3. The maximum Gasteiger partial charge on any atom is 0.261 e. The van der Waals surface area contributed by atoms with Crippen LogP contribution in [0.5, 0.6) is 0 Å². The molecule has 29 heavy (non-hydrogen) atoms. The van der Waals surface area contributed by atoms with Crippen molar-refractivity contribution in [2.75, 3.05) is 6.54 Å². The van der Waals surface area contributed by atoms with Gasteiger partial charge in [-0.15, -0.1) is 0 Å². The Balaban J connectivity index is 1.42. The number of nitrogens with zero attached hydrogens (tertiary/aromatic N) is 2. The van der Waals surface area contributed by atoms with Gasteiger partial charge in [0, 0.05) is 18.2 Å². The Morgan fingerprint density at radius 1 is 0.931 bits per heavy atom. The zero-order chi connectivity index (χ0) is 20.0. The monoisotopic (exact) mass is 408 g/mol. The number of benzene rings is 1. The van der Waals surface area contributed by atoms with E-state index in [1.807, 2.05) is 10.3 Å². The predicted octanol–water partition coefficient (Wildman–Crippen LogP) is 4.65. The summed E-state index contributed by atoms with van der Waals surface area (Å²) >= 11 is 1.64. The topological polar surface area (TPSA) is 57.7 Å². The number of carbonyl (C=O) groups excluding carboxylic acids is 3. The van der Waals surface area contributed by atoms with Crippen molar-refractivity contribution in [1.82, 2.24) is 9.80 Å². The van der Waals surface area contributed by atoms with Crippen LogP contribution in [0.15, 0.2) is 35.0 Å². The van der Waals surface area contributed by atoms with E-state index in [4.69, 9.17) is 0 Å². The van der Waals surface area contributed by atoms with Gasteiger partial charge in [0.15, 0.2) is 0 Å². The number of rotatable bonds is 3. The van der Waals surface area contributed by atoms with Gasteiger partial charge in [-0.05, 0) is 66.3 Å². The molecule has 1 unspecified atom stereocenters. The lowest BCUT2D eigenvalue weighted by atomic mass is 9.94. The highest BCUT2D eigenvalue weighted by atomic mass is 32.1. The van der Waals surface area contributed by atoms with Gasteiger partial charge in [0.25, 0.3) is 17.7 Å². The molecule has 0 N–H and O–H groups in total. The van der Waals surface area contributed by atoms with Crippen LogP contribution in [-0.2, 0) is 0 Å². The largest absolute Gasteiger partial charge is 0.332 e. The molecule has 1 aliphatic carbocycles. The number of likely N-dealkylation sites (tertiary alicyclic amines) is 1. The van der Waals surface area contributed by atoms with Crippen LogP contribution in [0.1, 0.15) is 87.6 Å². The lowest BCUT2D eigenvalue weighted by Crippen LogP contribution is -2.40. The number of imide groups is 1. The van der Waals surface area contributed by atoms with Crippen molar-refractivity contribution < 1.29 is 14.4 Å². The van der Waals surface area contributed by atoms with Crippen LogP contribution in [0.4, 0.5) is 0 Å². The van der Waals surface area contributed by atoms with E-state index in [9.17, 15) is 14.4 Å². The molecular weight excluding hydrogens is 384 g/mol. The highest BCUT2D eigenvalue weighted by Crippen LogP contribution is 2.35. The minimum Gasteiger partial charge on any atom is -0.332 e. The van der Waals surface area contributed by atoms with Crippen LogP contribution in [0, 0.1) is 0 Å². The number of fused-ring (bicyclic) bond motifs is 1. The molecule has 3 aliphatic rings. The molecule has 0 radical (unpaired) electrons. The van der Waals surface area contributed by atoms with Crippen LogP contribution >= 0.6 is 11.3 Å². The maximum atomic E-state index is 13.2. The maximum absolute atomic E-state index is 13.2. The van der Waals surface area contributed by atoms with Crippen LogP contribution < -0.4 is 0 Å². The molecule has 1 saturated carbocycles. The SMILES string of the molecule is O=C(c1ccc2c(c1)C(=O)N(C1CCCCC1)C2=O)N1CCCC1c1ccsc1. The van der Waals surface area contributed by atoms with Gasteiger partial charge in [-0.1, -0.05) is 19.3 Å². The molecule has 150 valence electrons. The van der Waals surface area contributed by atoms with E-state index in [0.717, 1.165) is 45.1 Å². The van der Waals surface area contributed by atoms with E-state index in [0.29, 0.717) is 16.7 Å². The first-order valence-corrected chi connectivity index (χ1v) is 11.4. The molecule has 2 fully saturated rings. The molecule has 5 rings (SSSR count). The minimum absolute atomic E-state index is 0.00291. The lowest BCUT2D eigenvalue weighted by Gasteiger charge is -2.29. The molecule has 3 amide bonds. The van der Waals surface area contributed by atoms with Gasteiger partial charge in [-0.25, -0.2) is 0 Å². The standard InChI is InChI=1S/C23H24N2O3S/c26-21(24-11-4-7-20(24)16-10-12-29-14-16)15-8-9-18-19(13-15)23(28)25(22(18)27)17-5-2-1-3-6-17/h8-10,12-14,17,20H,1-7,11H2. The Kier molecular flexibility index (Phi) is 4.74. The third-order valence-electron chi connectivity index (χ3n) is 6.55. The van der Waals surface area contributed by atoms with Crippen LogP contribution in [-0.4, -0.2) is 40.1 Å². The third kappa shape index (κ3) is 3.10. The molecule has 1 aromatic heterocycles. The summed E-state index contributed by atoms with van der Waals surface area (Å²) < 4.78 is 0. The second-order valence-electron chi connectivity index (χ2n) is 8.25. The van der Waals surface area contributed by atoms with Crippen molar-refractivity contribution in [2.24, 2.45) is 0 Å². The second kappa shape index (κ2) is 7.41. The molecule has 2 aliphatic heterocycles. The number of hydrogen-bond acceptors (Lipinski definition) is 4. The fourth-order valence-electron chi connectivity index (χ4n) is 5.05. The zero-order valence-corrected chi connectivity index (χ0v) is 17.1. The molecule has 1 atom stereocenters. The summed E-state index contributed by atoms with van der Waals surface area (Å²) in [7, 11) is 0. The summed E-state index contributed by atoms with van der Waals surface area (Å²) in [5.41, 5.74) is 2.50. The molecule has 1 saturated heterocycles. The summed E-state index contributed by atoms with van der Waals surface area (Å²) in [6, 6.07) is 7.19. The Morgan fingerprint density at radius 2 is 1.72 bits per heavy atom. The van der Waals surface area contributed by atoms with Gasteiger partial charge in [0.05, 0.1) is 17.2 Å². The lowest BCUT2D eigenvalue weighted by molar-refractivity contribution is 0.0548. The third-order valence-corrected chi connectivity index (χ3v) is 7.25. The van der Waals surface area contributed by atoms with Crippen LogP contribution in [0.25, 0.3) is 0 Å². The van der Waals surface area contributed by atoms with Gasteiger partial charge in [0.2, 0.25) is 0 Å². The number of thiophene rings is 1. The summed E-state index contributed by atoms with van der Waals surface area (Å²) in [5, 5.41) is 4.14. The van der Waals surface area contributed by atoms with Crippen molar-refractivity contribution in [1.29, 1.82) is 0 Å². The van der Waals surface area contributed by atoms with Crippen LogP contribution in [0.3, 0.4) is 0 Å². The van der Waals surface area contributed by atoms with Gasteiger partial charge in [0.1, 0.15) is 0 Å². The van der Waals surface area contributed by atoms with E-state index in [2.05, 4.69) is 11.4 Å². The highest BCUT2D eigenvalue weighted by Gasteiger charge is 2.41. The molecule has 1 aromatic carbocycles. The van der Waals surface area contributed by atoms with E-state index in [1.165, 1.54) is 16.9 Å². The van der Waals surface area contributed by atoms with Gasteiger partial charge in [-0.3, -0.25) is 19.3 Å². The van der Waals surface area contributed by atoms with E-state index < -0.39 is 0 Å². The predicted molar refractivity (Wildman–Crippen MR) is 111 cm³/mol. The Bertz CT molecular complexity index is 963. The van der Waals surface area contributed by atoms with Gasteiger partial charge >= 0.3 is 0 Å². The molecule has 0 spiro atoms. The first-order chi connectivity index (χ1) is 14.1. The average Bonchev–Trinajstić information content (AvgIpc) is 3.48. The van der Waals surface area contributed by atoms with Crippen molar-refractivity contribution in [3.8, 4) is 0 Å². The molecule has 5 nitrogen and oxygen atoms in total. The first-order valence-electron chi connectivity index (χ1n) is 10.5. The van der Waals surface area contributed by atoms with Crippen molar-refractivity contribution in [3.63, 3.8) is 0 Å². The summed E-state index contributed by atoms with van der Waals surface area (Å²) in [6.07, 6.45) is 6.98. The molecule has 2 aromatic rings. The second-order valence-corrected chi connectivity index (χ2v) is 9.03. The normalized spacial score (nSPS) is 22.4. The van der Waals surface area contributed by atoms with Crippen LogP contribution in [0.2, 0.25) is 0 Å². The average molecular weight is 409 g/mol. The Morgan fingerprint density at radius 3 is 2.48 bits per heavy atom. The van der Waals surface area contributed by atoms with Crippen molar-refractivity contribution in [3.05, 3.63) is 57.3 Å². The molecule has 6 heteroatoms. The summed E-state index contributed by atoms with van der Waals surface area (Å²) in [4.78, 5) is 42.5. The van der Waals surface area contributed by atoms with E-state index >= 15 is 0 Å². The van der Waals surface area contributed by atoms with E-state index in [-0.39, 0.29) is 29.8 Å². The Labute approximate surface area is 174 Å².